The summed E-state index contributed by atoms with van der Waals surface area (Å²) in [6, 6.07) is 7.41. The van der Waals surface area contributed by atoms with E-state index in [0.29, 0.717) is 5.56 Å². The van der Waals surface area contributed by atoms with Crippen LogP contribution in [0.4, 0.5) is 0 Å². The Morgan fingerprint density at radius 1 is 1.50 bits per heavy atom. The molecule has 1 N–H and O–H groups in total. The number of carbonyl (C=O) groups excluding carboxylic acids is 1. The van der Waals surface area contributed by atoms with Gasteiger partial charge in [-0.15, -0.1) is 0 Å². The van der Waals surface area contributed by atoms with Gasteiger partial charge in [-0.05, 0) is 18.1 Å². The van der Waals surface area contributed by atoms with Gasteiger partial charge >= 0.3 is 0 Å². The highest BCUT2D eigenvalue weighted by Gasteiger charge is 2.36. The Kier molecular flexibility index (Phi) is 1.70. The standard InChI is InChI=1S/C10H10O2/c11-6-7-2-1-3-8(4-7)9-5-10(9)12/h1-4,6,9-10,12H,5H2. The summed E-state index contributed by atoms with van der Waals surface area (Å²) in [6.07, 6.45) is 1.48. The van der Waals surface area contributed by atoms with Crippen LogP contribution in [0.2, 0.25) is 0 Å². The van der Waals surface area contributed by atoms with Crippen molar-refractivity contribution < 1.29 is 9.90 Å². The number of rotatable bonds is 2. The minimum atomic E-state index is -0.188. The molecule has 2 heteroatoms. The molecule has 2 atom stereocenters. The van der Waals surface area contributed by atoms with Crippen molar-refractivity contribution in [3.05, 3.63) is 35.4 Å². The molecule has 1 saturated carbocycles. The van der Waals surface area contributed by atoms with E-state index >= 15 is 0 Å². The number of aliphatic hydroxyl groups excluding tert-OH is 1. The van der Waals surface area contributed by atoms with Crippen molar-refractivity contribution in [1.82, 2.24) is 0 Å². The smallest absolute Gasteiger partial charge is 0.150 e. The predicted octanol–water partition coefficient (Wildman–Crippen LogP) is 1.35. The van der Waals surface area contributed by atoms with E-state index in [0.717, 1.165) is 18.3 Å². The van der Waals surface area contributed by atoms with Crippen molar-refractivity contribution in [3.8, 4) is 0 Å². The maximum Gasteiger partial charge on any atom is 0.150 e. The van der Waals surface area contributed by atoms with Crippen molar-refractivity contribution in [2.45, 2.75) is 18.4 Å². The van der Waals surface area contributed by atoms with Gasteiger partial charge in [-0.3, -0.25) is 4.79 Å². The minimum absolute atomic E-state index is 0.188. The zero-order valence-corrected chi connectivity index (χ0v) is 6.60. The third-order valence-electron chi connectivity index (χ3n) is 2.23. The monoisotopic (exact) mass is 162 g/mol. The maximum absolute atomic E-state index is 10.4. The summed E-state index contributed by atoms with van der Waals surface area (Å²) in [6.45, 7) is 0. The highest BCUT2D eigenvalue weighted by Crippen LogP contribution is 2.40. The normalized spacial score (nSPS) is 26.8. The summed E-state index contributed by atoms with van der Waals surface area (Å²) in [5, 5.41) is 9.16. The van der Waals surface area contributed by atoms with Gasteiger partial charge < -0.3 is 5.11 Å². The van der Waals surface area contributed by atoms with E-state index in [4.69, 9.17) is 5.11 Å². The average molecular weight is 162 g/mol. The van der Waals surface area contributed by atoms with Crippen molar-refractivity contribution in [2.24, 2.45) is 0 Å². The van der Waals surface area contributed by atoms with E-state index in [9.17, 15) is 4.79 Å². The van der Waals surface area contributed by atoms with Crippen LogP contribution in [0.15, 0.2) is 24.3 Å². The first kappa shape index (κ1) is 7.50. The van der Waals surface area contributed by atoms with Crippen molar-refractivity contribution in [1.29, 1.82) is 0 Å². The van der Waals surface area contributed by atoms with Crippen molar-refractivity contribution >= 4 is 6.29 Å². The lowest BCUT2D eigenvalue weighted by atomic mass is 10.1. The lowest BCUT2D eigenvalue weighted by Gasteiger charge is -1.97. The summed E-state index contributed by atoms with van der Waals surface area (Å²) in [7, 11) is 0. The fraction of sp³-hybridized carbons (Fsp3) is 0.300. The molecule has 0 spiro atoms. The molecular weight excluding hydrogens is 152 g/mol. The van der Waals surface area contributed by atoms with Gasteiger partial charge in [0.05, 0.1) is 6.10 Å². The number of carbonyl (C=O) groups is 1. The lowest BCUT2D eigenvalue weighted by Crippen LogP contribution is -1.87. The minimum Gasteiger partial charge on any atom is -0.392 e. The molecule has 0 saturated heterocycles. The van der Waals surface area contributed by atoms with Crippen LogP contribution >= 0.6 is 0 Å². The van der Waals surface area contributed by atoms with Crippen LogP contribution in [-0.2, 0) is 0 Å². The Hall–Kier alpha value is -1.15. The molecule has 0 radical (unpaired) electrons. The average Bonchev–Trinajstić information content (AvgIpc) is 2.83. The van der Waals surface area contributed by atoms with Crippen LogP contribution in [0, 0.1) is 0 Å². The van der Waals surface area contributed by atoms with Crippen LogP contribution in [0.25, 0.3) is 0 Å². The Morgan fingerprint density at radius 2 is 2.25 bits per heavy atom. The first-order chi connectivity index (χ1) is 5.81. The molecule has 62 valence electrons. The van der Waals surface area contributed by atoms with Gasteiger partial charge in [-0.1, -0.05) is 18.2 Å². The first-order valence-electron chi connectivity index (χ1n) is 4.04. The molecule has 1 aromatic rings. The topological polar surface area (TPSA) is 37.3 Å². The second kappa shape index (κ2) is 2.72. The van der Waals surface area contributed by atoms with Gasteiger partial charge in [0.15, 0.2) is 0 Å². The van der Waals surface area contributed by atoms with Crippen LogP contribution < -0.4 is 0 Å². The summed E-state index contributed by atoms with van der Waals surface area (Å²) in [5.41, 5.74) is 1.76. The molecule has 12 heavy (non-hydrogen) atoms. The molecule has 1 aromatic carbocycles. The molecule has 1 aliphatic rings. The molecule has 0 aromatic heterocycles. The number of benzene rings is 1. The van der Waals surface area contributed by atoms with Crippen LogP contribution in [0.5, 0.6) is 0 Å². The van der Waals surface area contributed by atoms with Gasteiger partial charge in [0, 0.05) is 11.5 Å². The third-order valence-corrected chi connectivity index (χ3v) is 2.23. The molecule has 1 fully saturated rings. The fourth-order valence-electron chi connectivity index (χ4n) is 1.40. The number of aliphatic hydroxyl groups is 1. The van der Waals surface area contributed by atoms with E-state index in [2.05, 4.69) is 0 Å². The molecule has 2 nitrogen and oxygen atoms in total. The van der Waals surface area contributed by atoms with Gasteiger partial charge in [0.1, 0.15) is 6.29 Å². The highest BCUT2D eigenvalue weighted by atomic mass is 16.3. The van der Waals surface area contributed by atoms with Gasteiger partial charge in [0.25, 0.3) is 0 Å². The van der Waals surface area contributed by atoms with E-state index in [1.165, 1.54) is 0 Å². The summed E-state index contributed by atoms with van der Waals surface area (Å²) < 4.78 is 0. The second-order valence-electron chi connectivity index (χ2n) is 3.20. The molecule has 2 unspecified atom stereocenters. The van der Waals surface area contributed by atoms with Crippen molar-refractivity contribution in [3.63, 3.8) is 0 Å². The number of hydrogen-bond donors (Lipinski definition) is 1. The molecule has 1 aliphatic carbocycles. The Bertz CT molecular complexity index is 306. The molecular formula is C10H10O2. The van der Waals surface area contributed by atoms with Crippen LogP contribution in [-0.4, -0.2) is 17.5 Å². The zero-order chi connectivity index (χ0) is 8.55. The quantitative estimate of drug-likeness (QED) is 0.666. The number of hydrogen-bond acceptors (Lipinski definition) is 2. The van der Waals surface area contributed by atoms with Gasteiger partial charge in [-0.25, -0.2) is 0 Å². The first-order valence-corrected chi connectivity index (χ1v) is 4.04. The Labute approximate surface area is 70.8 Å². The van der Waals surface area contributed by atoms with E-state index in [-0.39, 0.29) is 12.0 Å². The largest absolute Gasteiger partial charge is 0.392 e. The SMILES string of the molecule is O=Cc1cccc(C2CC2O)c1. The van der Waals surface area contributed by atoms with Gasteiger partial charge in [-0.2, -0.15) is 0 Å². The molecule has 0 bridgehead atoms. The lowest BCUT2D eigenvalue weighted by molar-refractivity contribution is 0.112. The molecule has 2 rings (SSSR count). The molecule has 0 amide bonds. The molecule has 0 aliphatic heterocycles. The van der Waals surface area contributed by atoms with E-state index in [1.54, 1.807) is 6.07 Å². The highest BCUT2D eigenvalue weighted by molar-refractivity contribution is 5.75. The summed E-state index contributed by atoms with van der Waals surface area (Å²) >= 11 is 0. The van der Waals surface area contributed by atoms with Crippen LogP contribution in [0.1, 0.15) is 28.3 Å². The van der Waals surface area contributed by atoms with Crippen LogP contribution in [0.3, 0.4) is 0 Å². The Balaban J connectivity index is 2.27. The van der Waals surface area contributed by atoms with Gasteiger partial charge in [0.2, 0.25) is 0 Å². The number of aldehydes is 1. The maximum atomic E-state index is 10.4. The zero-order valence-electron chi connectivity index (χ0n) is 6.60. The second-order valence-corrected chi connectivity index (χ2v) is 3.20. The predicted molar refractivity (Wildman–Crippen MR) is 45.2 cm³/mol. The van der Waals surface area contributed by atoms with Crippen molar-refractivity contribution in [2.75, 3.05) is 0 Å². The van der Waals surface area contributed by atoms with E-state index in [1.807, 2.05) is 18.2 Å². The molecule has 0 heterocycles. The summed E-state index contributed by atoms with van der Waals surface area (Å²) in [5.74, 6) is 0.268. The van der Waals surface area contributed by atoms with E-state index < -0.39 is 0 Å². The summed E-state index contributed by atoms with van der Waals surface area (Å²) in [4.78, 5) is 10.4. The third kappa shape index (κ3) is 1.25. The fourth-order valence-corrected chi connectivity index (χ4v) is 1.40. The Morgan fingerprint density at radius 3 is 2.83 bits per heavy atom.